The molecule has 124 valence electrons. The molecular formula is C16H22N4O2S. The number of hydrogen-bond donors (Lipinski definition) is 1. The lowest BCUT2D eigenvalue weighted by atomic mass is 10.1. The Labute approximate surface area is 139 Å². The summed E-state index contributed by atoms with van der Waals surface area (Å²) in [4.78, 5) is 23.9. The minimum Gasteiger partial charge on any atom is -0.444 e. The van der Waals surface area contributed by atoms with Gasteiger partial charge in [-0.1, -0.05) is 0 Å². The molecule has 0 aromatic carbocycles. The Balaban J connectivity index is 1.69. The number of piperidine rings is 1. The summed E-state index contributed by atoms with van der Waals surface area (Å²) >= 11 is 1.62. The first-order valence-electron chi connectivity index (χ1n) is 7.85. The summed E-state index contributed by atoms with van der Waals surface area (Å²) in [6, 6.07) is 2.13. The zero-order valence-electron chi connectivity index (χ0n) is 13.7. The van der Waals surface area contributed by atoms with Crippen LogP contribution in [0.4, 0.5) is 10.6 Å². The van der Waals surface area contributed by atoms with Gasteiger partial charge in [0.1, 0.15) is 22.6 Å². The maximum atomic E-state index is 12.0. The quantitative estimate of drug-likeness (QED) is 0.913. The predicted molar refractivity (Wildman–Crippen MR) is 92.0 cm³/mol. The van der Waals surface area contributed by atoms with Crippen LogP contribution in [0.1, 0.15) is 33.6 Å². The molecule has 1 saturated heterocycles. The molecule has 1 N–H and O–H groups in total. The SMILES string of the molecule is CC(C)(C)OC(=O)NC1CCCN(c2ncnc3sccc23)C1. The lowest BCUT2D eigenvalue weighted by Gasteiger charge is -2.34. The van der Waals surface area contributed by atoms with E-state index in [9.17, 15) is 4.79 Å². The number of nitrogens with zero attached hydrogens (tertiary/aromatic N) is 3. The number of aromatic nitrogens is 2. The summed E-state index contributed by atoms with van der Waals surface area (Å²) in [6.07, 6.45) is 3.22. The molecule has 23 heavy (non-hydrogen) atoms. The number of ether oxygens (including phenoxy) is 1. The van der Waals surface area contributed by atoms with E-state index in [4.69, 9.17) is 4.74 Å². The van der Waals surface area contributed by atoms with Gasteiger partial charge in [0.05, 0.1) is 5.39 Å². The second kappa shape index (κ2) is 6.31. The van der Waals surface area contributed by atoms with E-state index in [1.54, 1.807) is 17.7 Å². The van der Waals surface area contributed by atoms with E-state index in [1.807, 2.05) is 26.2 Å². The number of nitrogens with one attached hydrogen (secondary N) is 1. The molecule has 1 unspecified atom stereocenters. The molecule has 1 amide bonds. The smallest absolute Gasteiger partial charge is 0.407 e. The number of carbonyl (C=O) groups excluding carboxylic acids is 1. The van der Waals surface area contributed by atoms with Gasteiger partial charge in [-0.25, -0.2) is 14.8 Å². The highest BCUT2D eigenvalue weighted by Crippen LogP contribution is 2.28. The van der Waals surface area contributed by atoms with Gasteiger partial charge in [-0.15, -0.1) is 11.3 Å². The lowest BCUT2D eigenvalue weighted by molar-refractivity contribution is 0.0500. The van der Waals surface area contributed by atoms with Crippen molar-refractivity contribution in [3.8, 4) is 0 Å². The van der Waals surface area contributed by atoms with Crippen LogP contribution in [-0.4, -0.2) is 40.8 Å². The summed E-state index contributed by atoms with van der Waals surface area (Å²) in [5.74, 6) is 0.951. The Morgan fingerprint density at radius 3 is 3.04 bits per heavy atom. The highest BCUT2D eigenvalue weighted by molar-refractivity contribution is 7.16. The van der Waals surface area contributed by atoms with E-state index in [0.717, 1.165) is 42.0 Å². The Morgan fingerprint density at radius 1 is 1.43 bits per heavy atom. The van der Waals surface area contributed by atoms with Gasteiger partial charge in [0.15, 0.2) is 0 Å². The van der Waals surface area contributed by atoms with Gasteiger partial charge in [-0.05, 0) is 45.1 Å². The standard InChI is InChI=1S/C16H22N4O2S/c1-16(2,3)22-15(21)19-11-5-4-7-20(9-11)13-12-6-8-23-14(12)18-10-17-13/h6,8,10-11H,4-5,7,9H2,1-3H3,(H,19,21). The van der Waals surface area contributed by atoms with Crippen LogP contribution in [0.5, 0.6) is 0 Å². The fourth-order valence-corrected chi connectivity index (χ4v) is 3.52. The van der Waals surface area contributed by atoms with E-state index >= 15 is 0 Å². The van der Waals surface area contributed by atoms with Crippen LogP contribution in [0.3, 0.4) is 0 Å². The Bertz CT molecular complexity index is 695. The fraction of sp³-hybridized carbons (Fsp3) is 0.562. The van der Waals surface area contributed by atoms with E-state index in [1.165, 1.54) is 0 Å². The number of thiophene rings is 1. The van der Waals surface area contributed by atoms with Crippen molar-refractivity contribution in [2.24, 2.45) is 0 Å². The first kappa shape index (κ1) is 16.0. The monoisotopic (exact) mass is 334 g/mol. The summed E-state index contributed by atoms with van der Waals surface area (Å²) in [5.41, 5.74) is -0.478. The minimum absolute atomic E-state index is 0.0715. The molecule has 3 heterocycles. The maximum Gasteiger partial charge on any atom is 0.407 e. The number of carbonyl (C=O) groups is 1. The van der Waals surface area contributed by atoms with Crippen molar-refractivity contribution in [2.75, 3.05) is 18.0 Å². The number of rotatable bonds is 2. The molecule has 6 nitrogen and oxygen atoms in total. The van der Waals surface area contributed by atoms with Gasteiger partial charge >= 0.3 is 6.09 Å². The van der Waals surface area contributed by atoms with Crippen molar-refractivity contribution >= 4 is 33.5 Å². The first-order valence-corrected chi connectivity index (χ1v) is 8.73. The third-order valence-corrected chi connectivity index (χ3v) is 4.50. The van der Waals surface area contributed by atoms with Crippen LogP contribution in [-0.2, 0) is 4.74 Å². The molecule has 3 rings (SSSR count). The highest BCUT2D eigenvalue weighted by atomic mass is 32.1. The molecule has 1 aliphatic rings. The number of fused-ring (bicyclic) bond motifs is 1. The van der Waals surface area contributed by atoms with E-state index in [-0.39, 0.29) is 12.1 Å². The van der Waals surface area contributed by atoms with Crippen molar-refractivity contribution in [3.05, 3.63) is 17.8 Å². The number of alkyl carbamates (subject to hydrolysis) is 1. The van der Waals surface area contributed by atoms with Crippen molar-refractivity contribution in [1.82, 2.24) is 15.3 Å². The summed E-state index contributed by atoms with van der Waals surface area (Å²) in [5, 5.41) is 6.08. The van der Waals surface area contributed by atoms with Crippen LogP contribution in [0.25, 0.3) is 10.2 Å². The Hall–Kier alpha value is -1.89. The topological polar surface area (TPSA) is 67.3 Å². The van der Waals surface area contributed by atoms with E-state index < -0.39 is 5.60 Å². The number of anilines is 1. The van der Waals surface area contributed by atoms with Gasteiger partial charge < -0.3 is 15.0 Å². The second-order valence-corrected chi connectivity index (χ2v) is 7.66. The van der Waals surface area contributed by atoms with E-state index in [2.05, 4.69) is 26.3 Å². The van der Waals surface area contributed by atoms with Crippen LogP contribution >= 0.6 is 11.3 Å². The van der Waals surface area contributed by atoms with Gasteiger partial charge in [0.2, 0.25) is 0 Å². The molecule has 2 aromatic rings. The Morgan fingerprint density at radius 2 is 2.26 bits per heavy atom. The van der Waals surface area contributed by atoms with Crippen molar-refractivity contribution in [3.63, 3.8) is 0 Å². The number of amides is 1. The predicted octanol–water partition coefficient (Wildman–Crippen LogP) is 3.18. The maximum absolute atomic E-state index is 12.0. The summed E-state index contributed by atoms with van der Waals surface area (Å²) < 4.78 is 5.35. The van der Waals surface area contributed by atoms with Gasteiger partial charge in [-0.2, -0.15) is 0 Å². The average molecular weight is 334 g/mol. The molecule has 1 fully saturated rings. The van der Waals surface area contributed by atoms with Crippen LogP contribution in [0.2, 0.25) is 0 Å². The Kier molecular flexibility index (Phi) is 4.39. The molecule has 0 saturated carbocycles. The molecule has 0 spiro atoms. The molecule has 1 atom stereocenters. The second-order valence-electron chi connectivity index (χ2n) is 6.77. The normalized spacial score (nSPS) is 18.9. The molecule has 0 radical (unpaired) electrons. The van der Waals surface area contributed by atoms with Crippen LogP contribution in [0, 0.1) is 0 Å². The van der Waals surface area contributed by atoms with Crippen molar-refractivity contribution in [2.45, 2.75) is 45.3 Å². The fourth-order valence-electron chi connectivity index (χ4n) is 2.79. The molecule has 2 aromatic heterocycles. The lowest BCUT2D eigenvalue weighted by Crippen LogP contribution is -2.49. The van der Waals surface area contributed by atoms with Gasteiger partial charge in [-0.3, -0.25) is 0 Å². The van der Waals surface area contributed by atoms with Crippen molar-refractivity contribution in [1.29, 1.82) is 0 Å². The largest absolute Gasteiger partial charge is 0.444 e. The summed E-state index contributed by atoms with van der Waals surface area (Å²) in [7, 11) is 0. The van der Waals surface area contributed by atoms with Crippen LogP contribution in [0.15, 0.2) is 17.8 Å². The first-order chi connectivity index (χ1) is 10.9. The minimum atomic E-state index is -0.478. The summed E-state index contributed by atoms with van der Waals surface area (Å²) in [6.45, 7) is 7.28. The third kappa shape index (κ3) is 3.90. The molecule has 1 aliphatic heterocycles. The zero-order valence-corrected chi connectivity index (χ0v) is 14.5. The van der Waals surface area contributed by atoms with Gasteiger partial charge in [0.25, 0.3) is 0 Å². The van der Waals surface area contributed by atoms with E-state index in [0.29, 0.717) is 0 Å². The number of hydrogen-bond acceptors (Lipinski definition) is 6. The molecular weight excluding hydrogens is 312 g/mol. The zero-order chi connectivity index (χ0) is 16.4. The molecule has 0 bridgehead atoms. The average Bonchev–Trinajstić information content (AvgIpc) is 2.93. The van der Waals surface area contributed by atoms with Gasteiger partial charge in [0, 0.05) is 19.1 Å². The highest BCUT2D eigenvalue weighted by Gasteiger charge is 2.25. The third-order valence-electron chi connectivity index (χ3n) is 3.68. The molecule has 0 aliphatic carbocycles. The van der Waals surface area contributed by atoms with Crippen LogP contribution < -0.4 is 10.2 Å². The molecule has 7 heteroatoms. The van der Waals surface area contributed by atoms with Crippen molar-refractivity contribution < 1.29 is 9.53 Å².